The zero-order chi connectivity index (χ0) is 12.5. The van der Waals surface area contributed by atoms with Crippen molar-refractivity contribution in [3.63, 3.8) is 0 Å². The highest BCUT2D eigenvalue weighted by Gasteiger charge is 2.33. The third-order valence-corrected chi connectivity index (χ3v) is 1.87. The first-order chi connectivity index (χ1) is 7.23. The molecule has 2 nitrogen and oxygen atoms in total. The minimum atomic E-state index is -4.77. The van der Waals surface area contributed by atoms with Crippen LogP contribution in [0.1, 0.15) is 28.0 Å². The maximum atomic E-state index is 12.3. The lowest BCUT2D eigenvalue weighted by atomic mass is 10.1. The topological polar surface area (TPSA) is 30.0 Å². The molecule has 0 aliphatic heterocycles. The maximum Gasteiger partial charge on any atom is 0.417 e. The molecule has 0 saturated heterocycles. The summed E-state index contributed by atoms with van der Waals surface area (Å²) in [6, 6.07) is 0.254. The van der Waals surface area contributed by atoms with Crippen molar-refractivity contribution in [3.8, 4) is 0 Å². The van der Waals surface area contributed by atoms with Crippen LogP contribution in [0, 0.1) is 0 Å². The summed E-state index contributed by atoms with van der Waals surface area (Å²) in [5.41, 5.74) is -3.31. The lowest BCUT2D eigenvalue weighted by Gasteiger charge is -2.09. The van der Waals surface area contributed by atoms with Gasteiger partial charge in [-0.05, 0) is 17.7 Å². The predicted octanol–water partition coefficient (Wildman–Crippen LogP) is 3.42. The minimum absolute atomic E-state index is 0.227. The Morgan fingerprint density at radius 2 is 1.94 bits per heavy atom. The average Bonchev–Trinajstić information content (AvgIpc) is 2.15. The van der Waals surface area contributed by atoms with Gasteiger partial charge in [0.05, 0.1) is 11.1 Å². The molecule has 0 radical (unpaired) electrons. The Bertz CT molecular complexity index is 417. The van der Waals surface area contributed by atoms with Gasteiger partial charge in [0.15, 0.2) is 0 Å². The number of aromatic nitrogens is 1. The van der Waals surface area contributed by atoms with E-state index >= 15 is 0 Å². The standard InChI is InChI=1S/C8H3ClF5NO/c9-6(16)4-1-3(8(12,13)14)2-15-5(4)7(10)11/h1-2,7H. The lowest BCUT2D eigenvalue weighted by molar-refractivity contribution is -0.137. The van der Waals surface area contributed by atoms with E-state index in [4.69, 9.17) is 11.6 Å². The van der Waals surface area contributed by atoms with Gasteiger partial charge in [0.2, 0.25) is 0 Å². The number of carbonyl (C=O) groups is 1. The number of carbonyl (C=O) groups excluding carboxylic acids is 1. The fraction of sp³-hybridized carbons (Fsp3) is 0.250. The Morgan fingerprint density at radius 3 is 2.31 bits per heavy atom. The lowest BCUT2D eigenvalue weighted by Crippen LogP contribution is -2.10. The van der Waals surface area contributed by atoms with Crippen LogP contribution in [0.25, 0.3) is 0 Å². The first-order valence-corrected chi connectivity index (χ1v) is 4.16. The second-order valence-corrected chi connectivity index (χ2v) is 3.07. The molecule has 1 aromatic heterocycles. The minimum Gasteiger partial charge on any atom is -0.276 e. The molecule has 0 amide bonds. The van der Waals surface area contributed by atoms with Gasteiger partial charge in [0, 0.05) is 6.20 Å². The van der Waals surface area contributed by atoms with Gasteiger partial charge >= 0.3 is 6.18 Å². The van der Waals surface area contributed by atoms with Gasteiger partial charge in [-0.25, -0.2) is 8.78 Å². The Kier molecular flexibility index (Phi) is 3.47. The van der Waals surface area contributed by atoms with Gasteiger partial charge in [-0.2, -0.15) is 13.2 Å². The summed E-state index contributed by atoms with van der Waals surface area (Å²) in [7, 11) is 0. The number of hydrogen-bond donors (Lipinski definition) is 0. The van der Waals surface area contributed by atoms with Gasteiger partial charge in [-0.3, -0.25) is 9.78 Å². The number of hydrogen-bond acceptors (Lipinski definition) is 2. The highest BCUT2D eigenvalue weighted by atomic mass is 35.5. The number of alkyl halides is 5. The summed E-state index contributed by atoms with van der Waals surface area (Å²) < 4.78 is 61.1. The molecule has 0 N–H and O–H groups in total. The number of nitrogens with zero attached hydrogens (tertiary/aromatic N) is 1. The summed E-state index contributed by atoms with van der Waals surface area (Å²) in [4.78, 5) is 13.6. The summed E-state index contributed by atoms with van der Waals surface area (Å²) in [5, 5.41) is -1.41. The molecule has 0 saturated carbocycles. The molecule has 8 heteroatoms. The molecule has 0 atom stereocenters. The van der Waals surface area contributed by atoms with E-state index in [1.54, 1.807) is 0 Å². The van der Waals surface area contributed by atoms with Crippen molar-refractivity contribution in [2.75, 3.05) is 0 Å². The van der Waals surface area contributed by atoms with Crippen molar-refractivity contribution >= 4 is 16.8 Å². The fourth-order valence-corrected chi connectivity index (χ4v) is 1.11. The molecule has 0 spiro atoms. The third kappa shape index (κ3) is 2.66. The second kappa shape index (κ2) is 4.32. The second-order valence-electron chi connectivity index (χ2n) is 2.73. The van der Waals surface area contributed by atoms with Gasteiger partial charge in [-0.1, -0.05) is 0 Å². The van der Waals surface area contributed by atoms with E-state index in [9.17, 15) is 26.7 Å². The molecule has 1 aromatic rings. The van der Waals surface area contributed by atoms with Crippen molar-refractivity contribution < 1.29 is 26.7 Å². The highest BCUT2D eigenvalue weighted by Crippen LogP contribution is 2.32. The van der Waals surface area contributed by atoms with E-state index in [1.807, 2.05) is 0 Å². The molecule has 0 aromatic carbocycles. The molecule has 1 rings (SSSR count). The van der Waals surface area contributed by atoms with Gasteiger partial charge in [0.25, 0.3) is 11.7 Å². The number of rotatable bonds is 2. The average molecular weight is 260 g/mol. The quantitative estimate of drug-likeness (QED) is 0.602. The molecular formula is C8H3ClF5NO. The van der Waals surface area contributed by atoms with Crippen molar-refractivity contribution in [2.24, 2.45) is 0 Å². The number of halogens is 6. The van der Waals surface area contributed by atoms with E-state index in [2.05, 4.69) is 4.98 Å². The summed E-state index contributed by atoms with van der Waals surface area (Å²) in [6.07, 6.45) is -7.71. The third-order valence-electron chi connectivity index (χ3n) is 1.66. The highest BCUT2D eigenvalue weighted by molar-refractivity contribution is 6.67. The molecule has 1 heterocycles. The molecule has 88 valence electrons. The van der Waals surface area contributed by atoms with Crippen molar-refractivity contribution in [2.45, 2.75) is 12.6 Å². The van der Waals surface area contributed by atoms with Crippen LogP contribution < -0.4 is 0 Å². The van der Waals surface area contributed by atoms with Crippen LogP contribution in [0.2, 0.25) is 0 Å². The molecule has 0 bridgehead atoms. The zero-order valence-corrected chi connectivity index (χ0v) is 8.11. The van der Waals surface area contributed by atoms with Crippen LogP contribution in [0.15, 0.2) is 12.3 Å². The first kappa shape index (κ1) is 12.8. The molecule has 0 aliphatic carbocycles. The Hall–Kier alpha value is -1.24. The SMILES string of the molecule is O=C(Cl)c1cc(C(F)(F)F)cnc1C(F)F. The van der Waals surface area contributed by atoms with Crippen LogP contribution in [-0.4, -0.2) is 10.2 Å². The number of pyridine rings is 1. The normalized spacial score (nSPS) is 11.9. The largest absolute Gasteiger partial charge is 0.417 e. The van der Waals surface area contributed by atoms with Crippen molar-refractivity contribution in [1.82, 2.24) is 4.98 Å². The fourth-order valence-electron chi connectivity index (χ4n) is 0.962. The summed E-state index contributed by atoms with van der Waals surface area (Å²) in [5.74, 6) is 0. The Morgan fingerprint density at radius 1 is 1.38 bits per heavy atom. The van der Waals surface area contributed by atoms with Crippen molar-refractivity contribution in [3.05, 3.63) is 29.1 Å². The van der Waals surface area contributed by atoms with Crippen LogP contribution in [0.4, 0.5) is 22.0 Å². The van der Waals surface area contributed by atoms with Gasteiger partial charge < -0.3 is 0 Å². The summed E-state index contributed by atoms with van der Waals surface area (Å²) >= 11 is 4.89. The monoisotopic (exact) mass is 259 g/mol. The van der Waals surface area contributed by atoms with E-state index in [1.165, 1.54) is 0 Å². The Balaban J connectivity index is 3.34. The molecule has 0 unspecified atom stereocenters. The Labute approximate surface area is 91.0 Å². The first-order valence-electron chi connectivity index (χ1n) is 3.78. The van der Waals surface area contributed by atoms with Crippen molar-refractivity contribution in [1.29, 1.82) is 0 Å². The smallest absolute Gasteiger partial charge is 0.276 e. The molecule has 16 heavy (non-hydrogen) atoms. The van der Waals surface area contributed by atoms with Gasteiger partial charge in [-0.15, -0.1) is 0 Å². The van der Waals surface area contributed by atoms with Crippen LogP contribution in [0.3, 0.4) is 0 Å². The van der Waals surface area contributed by atoms with E-state index < -0.39 is 34.7 Å². The van der Waals surface area contributed by atoms with Gasteiger partial charge in [0.1, 0.15) is 5.69 Å². The van der Waals surface area contributed by atoms with Crippen LogP contribution in [0.5, 0.6) is 0 Å². The molecule has 0 fully saturated rings. The van der Waals surface area contributed by atoms with Crippen LogP contribution in [-0.2, 0) is 6.18 Å². The molecule has 0 aliphatic rings. The zero-order valence-electron chi connectivity index (χ0n) is 7.36. The van der Waals surface area contributed by atoms with E-state index in [0.29, 0.717) is 0 Å². The molecular weight excluding hydrogens is 257 g/mol. The predicted molar refractivity (Wildman–Crippen MR) is 44.4 cm³/mol. The van der Waals surface area contributed by atoms with E-state index in [0.717, 1.165) is 0 Å². The summed E-state index contributed by atoms with van der Waals surface area (Å²) in [6.45, 7) is 0. The maximum absolute atomic E-state index is 12.3. The van der Waals surface area contributed by atoms with E-state index in [-0.39, 0.29) is 12.3 Å². The van der Waals surface area contributed by atoms with Crippen LogP contribution >= 0.6 is 11.6 Å².